The number of carbonyl (C=O) groups excluding carboxylic acids is 1. The van der Waals surface area contributed by atoms with Crippen molar-refractivity contribution in [2.75, 3.05) is 23.3 Å². The molecule has 1 fully saturated rings. The number of anilines is 2. The predicted octanol–water partition coefficient (Wildman–Crippen LogP) is 2.16. The average molecular weight is 340 g/mol. The standard InChI is InChI=1S/C18H17FN4O2/c1-11-2-4-15(18(25)21-11)22-17(24)13-6-7-23(10-13)16-5-3-12(9-20)8-14(16)19/h2-5,8,13H,6-7,10H2,1H3,(H,21,25)(H,22,24). The molecule has 1 amide bonds. The fourth-order valence-electron chi connectivity index (χ4n) is 2.93. The summed E-state index contributed by atoms with van der Waals surface area (Å²) < 4.78 is 14.1. The maximum Gasteiger partial charge on any atom is 0.271 e. The zero-order valence-electron chi connectivity index (χ0n) is 13.7. The second kappa shape index (κ2) is 6.77. The van der Waals surface area contributed by atoms with Crippen LogP contribution in [-0.4, -0.2) is 24.0 Å². The zero-order chi connectivity index (χ0) is 18.0. The summed E-state index contributed by atoms with van der Waals surface area (Å²) in [7, 11) is 0. The summed E-state index contributed by atoms with van der Waals surface area (Å²) >= 11 is 0. The summed E-state index contributed by atoms with van der Waals surface area (Å²) in [5, 5.41) is 11.4. The summed E-state index contributed by atoms with van der Waals surface area (Å²) in [5.41, 5.74) is 1.21. The Labute approximate surface area is 143 Å². The van der Waals surface area contributed by atoms with Gasteiger partial charge in [0.1, 0.15) is 11.5 Å². The van der Waals surface area contributed by atoms with E-state index in [-0.39, 0.29) is 28.6 Å². The number of nitrogens with one attached hydrogen (secondary N) is 2. The number of rotatable bonds is 3. The van der Waals surface area contributed by atoms with Crippen LogP contribution in [0.2, 0.25) is 0 Å². The van der Waals surface area contributed by atoms with Crippen molar-refractivity contribution < 1.29 is 9.18 Å². The molecule has 25 heavy (non-hydrogen) atoms. The highest BCUT2D eigenvalue weighted by Crippen LogP contribution is 2.27. The summed E-state index contributed by atoms with van der Waals surface area (Å²) in [6.45, 7) is 2.65. The number of aromatic amines is 1. The number of aryl methyl sites for hydroxylation is 1. The van der Waals surface area contributed by atoms with Crippen molar-refractivity contribution in [2.24, 2.45) is 5.92 Å². The van der Waals surface area contributed by atoms with E-state index in [9.17, 15) is 14.0 Å². The quantitative estimate of drug-likeness (QED) is 0.896. The van der Waals surface area contributed by atoms with E-state index < -0.39 is 5.82 Å². The van der Waals surface area contributed by atoms with E-state index in [0.717, 1.165) is 0 Å². The highest BCUT2D eigenvalue weighted by atomic mass is 19.1. The minimum Gasteiger partial charge on any atom is -0.368 e. The Hall–Kier alpha value is -3.14. The molecule has 1 saturated heterocycles. The van der Waals surface area contributed by atoms with Gasteiger partial charge in [0.15, 0.2) is 0 Å². The van der Waals surface area contributed by atoms with Crippen LogP contribution in [0.1, 0.15) is 17.7 Å². The molecule has 2 N–H and O–H groups in total. The second-order valence-corrected chi connectivity index (χ2v) is 6.08. The molecular weight excluding hydrogens is 323 g/mol. The SMILES string of the molecule is Cc1ccc(NC(=O)C2CCN(c3ccc(C#N)cc3F)C2)c(=O)[nH]1. The number of H-pyrrole nitrogens is 1. The number of hydrogen-bond donors (Lipinski definition) is 2. The molecule has 1 aromatic carbocycles. The Morgan fingerprint density at radius 1 is 1.40 bits per heavy atom. The van der Waals surface area contributed by atoms with E-state index in [0.29, 0.717) is 30.9 Å². The Morgan fingerprint density at radius 2 is 2.20 bits per heavy atom. The molecule has 1 unspecified atom stereocenters. The molecular formula is C18H17FN4O2. The van der Waals surface area contributed by atoms with Gasteiger partial charge < -0.3 is 15.2 Å². The van der Waals surface area contributed by atoms with E-state index >= 15 is 0 Å². The van der Waals surface area contributed by atoms with Crippen LogP contribution in [0.25, 0.3) is 0 Å². The molecule has 0 bridgehead atoms. The van der Waals surface area contributed by atoms with Crippen LogP contribution in [0.3, 0.4) is 0 Å². The van der Waals surface area contributed by atoms with Crippen molar-refractivity contribution in [3.05, 3.63) is 57.8 Å². The first-order chi connectivity index (χ1) is 12.0. The average Bonchev–Trinajstić information content (AvgIpc) is 3.07. The third kappa shape index (κ3) is 3.53. The van der Waals surface area contributed by atoms with Crippen LogP contribution in [0.15, 0.2) is 35.1 Å². The van der Waals surface area contributed by atoms with E-state index in [4.69, 9.17) is 5.26 Å². The Bertz CT molecular complexity index is 916. The van der Waals surface area contributed by atoms with Crippen molar-refractivity contribution in [2.45, 2.75) is 13.3 Å². The molecule has 1 aliphatic heterocycles. The number of nitriles is 1. The lowest BCUT2D eigenvalue weighted by Gasteiger charge is -2.19. The van der Waals surface area contributed by atoms with Crippen molar-refractivity contribution >= 4 is 17.3 Å². The molecule has 1 aliphatic rings. The van der Waals surface area contributed by atoms with Gasteiger partial charge in [0.05, 0.1) is 23.2 Å². The highest BCUT2D eigenvalue weighted by molar-refractivity contribution is 5.93. The number of pyridine rings is 1. The summed E-state index contributed by atoms with van der Waals surface area (Å²) in [6, 6.07) is 9.47. The number of carbonyl (C=O) groups is 1. The summed E-state index contributed by atoms with van der Waals surface area (Å²) in [6.07, 6.45) is 0.565. The fraction of sp³-hybridized carbons (Fsp3) is 0.278. The highest BCUT2D eigenvalue weighted by Gasteiger charge is 2.30. The molecule has 3 rings (SSSR count). The van der Waals surface area contributed by atoms with Crippen LogP contribution in [0.5, 0.6) is 0 Å². The largest absolute Gasteiger partial charge is 0.368 e. The van der Waals surface area contributed by atoms with Gasteiger partial charge >= 0.3 is 0 Å². The molecule has 0 saturated carbocycles. The smallest absolute Gasteiger partial charge is 0.271 e. The Morgan fingerprint density at radius 3 is 2.88 bits per heavy atom. The van der Waals surface area contributed by atoms with Gasteiger partial charge in [-0.05, 0) is 43.7 Å². The lowest BCUT2D eigenvalue weighted by molar-refractivity contribution is -0.119. The molecule has 1 aromatic heterocycles. The Balaban J connectivity index is 1.69. The molecule has 0 radical (unpaired) electrons. The van der Waals surface area contributed by atoms with Gasteiger partial charge in [-0.2, -0.15) is 5.26 Å². The molecule has 1 atom stereocenters. The normalized spacial score (nSPS) is 16.5. The maximum absolute atomic E-state index is 14.1. The second-order valence-electron chi connectivity index (χ2n) is 6.08. The molecule has 2 aromatic rings. The zero-order valence-corrected chi connectivity index (χ0v) is 13.7. The molecule has 2 heterocycles. The fourth-order valence-corrected chi connectivity index (χ4v) is 2.93. The maximum atomic E-state index is 14.1. The first-order valence-electron chi connectivity index (χ1n) is 7.93. The molecule has 0 spiro atoms. The van der Waals surface area contributed by atoms with Crippen molar-refractivity contribution in [3.8, 4) is 6.07 Å². The van der Waals surface area contributed by atoms with Crippen molar-refractivity contribution in [1.29, 1.82) is 5.26 Å². The number of benzene rings is 1. The minimum absolute atomic E-state index is 0.207. The molecule has 7 heteroatoms. The monoisotopic (exact) mass is 340 g/mol. The lowest BCUT2D eigenvalue weighted by Crippen LogP contribution is -2.29. The lowest BCUT2D eigenvalue weighted by atomic mass is 10.1. The van der Waals surface area contributed by atoms with Gasteiger partial charge in [-0.3, -0.25) is 9.59 Å². The topological polar surface area (TPSA) is 89.0 Å². The number of nitrogens with zero attached hydrogens (tertiary/aromatic N) is 2. The van der Waals surface area contributed by atoms with Gasteiger partial charge in [0.2, 0.25) is 5.91 Å². The first-order valence-corrected chi connectivity index (χ1v) is 7.93. The molecule has 128 valence electrons. The number of halogens is 1. The summed E-state index contributed by atoms with van der Waals surface area (Å²) in [4.78, 5) is 28.6. The minimum atomic E-state index is -0.477. The van der Waals surface area contributed by atoms with Gasteiger partial charge in [-0.15, -0.1) is 0 Å². The van der Waals surface area contributed by atoms with Crippen molar-refractivity contribution in [1.82, 2.24) is 4.98 Å². The summed E-state index contributed by atoms with van der Waals surface area (Å²) in [5.74, 6) is -1.07. The van der Waals surface area contributed by atoms with Crippen molar-refractivity contribution in [3.63, 3.8) is 0 Å². The van der Waals surface area contributed by atoms with E-state index in [1.54, 1.807) is 36.1 Å². The van der Waals surface area contributed by atoms with E-state index in [2.05, 4.69) is 10.3 Å². The first kappa shape index (κ1) is 16.7. The predicted molar refractivity (Wildman–Crippen MR) is 91.9 cm³/mol. The molecule has 0 aliphatic carbocycles. The Kier molecular flexibility index (Phi) is 4.52. The van der Waals surface area contributed by atoms with Crippen LogP contribution in [-0.2, 0) is 4.79 Å². The van der Waals surface area contributed by atoms with Gasteiger partial charge in [0.25, 0.3) is 5.56 Å². The third-order valence-electron chi connectivity index (χ3n) is 4.29. The number of amides is 1. The van der Waals surface area contributed by atoms with Crippen LogP contribution < -0.4 is 15.8 Å². The third-order valence-corrected chi connectivity index (χ3v) is 4.29. The van der Waals surface area contributed by atoms with Crippen LogP contribution in [0.4, 0.5) is 15.8 Å². The van der Waals surface area contributed by atoms with Gasteiger partial charge in [-0.25, -0.2) is 4.39 Å². The van der Waals surface area contributed by atoms with E-state index in [1.165, 1.54) is 6.07 Å². The van der Waals surface area contributed by atoms with Gasteiger partial charge in [-0.1, -0.05) is 0 Å². The van der Waals surface area contributed by atoms with Crippen LogP contribution >= 0.6 is 0 Å². The van der Waals surface area contributed by atoms with Crippen LogP contribution in [0, 0.1) is 30.0 Å². The van der Waals surface area contributed by atoms with Gasteiger partial charge in [0, 0.05) is 18.8 Å². The van der Waals surface area contributed by atoms with E-state index in [1.807, 2.05) is 6.07 Å². The number of aromatic nitrogens is 1. The number of hydrogen-bond acceptors (Lipinski definition) is 4. The molecule has 6 nitrogen and oxygen atoms in total.